The third-order valence-corrected chi connectivity index (χ3v) is 5.73. The number of para-hydroxylation sites is 1. The van der Waals surface area contributed by atoms with Crippen LogP contribution in [0, 0.1) is 5.92 Å². The van der Waals surface area contributed by atoms with Gasteiger partial charge in [0.1, 0.15) is 11.2 Å². The summed E-state index contributed by atoms with van der Waals surface area (Å²) in [5, 5.41) is 3.36. The summed E-state index contributed by atoms with van der Waals surface area (Å²) in [4.78, 5) is 4.55. The number of aliphatic imine (C=N–C) groups is 1. The summed E-state index contributed by atoms with van der Waals surface area (Å²) in [5.41, 5.74) is 0.531. The molecule has 0 radical (unpaired) electrons. The highest BCUT2D eigenvalue weighted by atomic mass is 32.2. The van der Waals surface area contributed by atoms with E-state index in [4.69, 9.17) is 0 Å². The molecule has 0 amide bonds. The Hall–Kier alpha value is -1.40. The predicted molar refractivity (Wildman–Crippen MR) is 78.7 cm³/mol. The van der Waals surface area contributed by atoms with Gasteiger partial charge in [0.2, 0.25) is 0 Å². The van der Waals surface area contributed by atoms with Crippen molar-refractivity contribution < 1.29 is 8.42 Å². The zero-order valence-corrected chi connectivity index (χ0v) is 12.1. The molecule has 1 unspecified atom stereocenters. The number of sulfonamides is 1. The number of benzene rings is 1. The summed E-state index contributed by atoms with van der Waals surface area (Å²) in [6.07, 6.45) is 4.68. The van der Waals surface area contributed by atoms with E-state index in [9.17, 15) is 8.42 Å². The van der Waals surface area contributed by atoms with Gasteiger partial charge < -0.3 is 5.32 Å². The van der Waals surface area contributed by atoms with Crippen molar-refractivity contribution in [3.63, 3.8) is 0 Å². The lowest BCUT2D eigenvalue weighted by molar-refractivity contribution is 0.342. The van der Waals surface area contributed by atoms with Crippen molar-refractivity contribution in [1.29, 1.82) is 0 Å². The molecule has 1 saturated heterocycles. The van der Waals surface area contributed by atoms with Gasteiger partial charge in [0, 0.05) is 6.54 Å². The summed E-state index contributed by atoms with van der Waals surface area (Å²) < 4.78 is 26.4. The molecule has 2 heterocycles. The van der Waals surface area contributed by atoms with Crippen LogP contribution in [-0.4, -0.2) is 38.7 Å². The van der Waals surface area contributed by atoms with Crippen LogP contribution in [0.2, 0.25) is 0 Å². The molecule has 3 rings (SSSR count). The van der Waals surface area contributed by atoms with Gasteiger partial charge in [-0.1, -0.05) is 12.1 Å². The molecule has 0 saturated carbocycles. The minimum absolute atomic E-state index is 0.310. The van der Waals surface area contributed by atoms with Gasteiger partial charge in [0.05, 0.1) is 5.69 Å². The Morgan fingerprint density at radius 1 is 1.35 bits per heavy atom. The van der Waals surface area contributed by atoms with Crippen LogP contribution in [0.1, 0.15) is 19.3 Å². The first-order chi connectivity index (χ1) is 9.68. The largest absolute Gasteiger partial charge is 0.316 e. The Kier molecular flexibility index (Phi) is 3.76. The molecule has 6 heteroatoms. The smallest absolute Gasteiger partial charge is 0.267 e. The van der Waals surface area contributed by atoms with Gasteiger partial charge in [-0.05, 0) is 50.4 Å². The second-order valence-corrected chi connectivity index (χ2v) is 7.19. The number of rotatable bonds is 3. The molecule has 0 aliphatic carbocycles. The van der Waals surface area contributed by atoms with E-state index in [2.05, 4.69) is 10.3 Å². The van der Waals surface area contributed by atoms with Crippen molar-refractivity contribution in [2.45, 2.75) is 24.2 Å². The highest BCUT2D eigenvalue weighted by Gasteiger charge is 2.28. The molecule has 20 heavy (non-hydrogen) atoms. The number of piperidine rings is 1. The van der Waals surface area contributed by atoms with Gasteiger partial charge in [0.25, 0.3) is 10.0 Å². The molecule has 108 valence electrons. The van der Waals surface area contributed by atoms with E-state index >= 15 is 0 Å². The van der Waals surface area contributed by atoms with Gasteiger partial charge in [-0.3, -0.25) is 4.31 Å². The first-order valence-corrected chi connectivity index (χ1v) is 8.48. The van der Waals surface area contributed by atoms with Crippen molar-refractivity contribution in [3.05, 3.63) is 24.3 Å². The summed E-state index contributed by atoms with van der Waals surface area (Å²) in [6.45, 7) is 2.57. The number of nitrogens with one attached hydrogen (secondary N) is 1. The van der Waals surface area contributed by atoms with Gasteiger partial charge in [-0.2, -0.15) is 0 Å². The molecule has 1 atom stereocenters. The van der Waals surface area contributed by atoms with E-state index in [-0.39, 0.29) is 0 Å². The molecule has 5 nitrogen and oxygen atoms in total. The van der Waals surface area contributed by atoms with Crippen LogP contribution in [0.4, 0.5) is 5.69 Å². The Morgan fingerprint density at radius 2 is 2.20 bits per heavy atom. The molecule has 0 aromatic heterocycles. The van der Waals surface area contributed by atoms with E-state index in [0.29, 0.717) is 23.0 Å². The van der Waals surface area contributed by atoms with Crippen LogP contribution in [0.25, 0.3) is 0 Å². The summed E-state index contributed by atoms with van der Waals surface area (Å²) >= 11 is 0. The number of fused-ring (bicyclic) bond motifs is 1. The topological polar surface area (TPSA) is 61.8 Å². The molecule has 1 aromatic carbocycles. The molecule has 0 bridgehead atoms. The van der Waals surface area contributed by atoms with Crippen LogP contribution >= 0.6 is 0 Å². The SMILES string of the molecule is O=S1(=O)c2ccccc2N=CN1CCC1CCCNC1. The first-order valence-electron chi connectivity index (χ1n) is 7.04. The number of hydrogen-bond acceptors (Lipinski definition) is 4. The van der Waals surface area contributed by atoms with E-state index in [1.54, 1.807) is 24.3 Å². The van der Waals surface area contributed by atoms with Crippen molar-refractivity contribution in [2.75, 3.05) is 19.6 Å². The molecule has 0 spiro atoms. The maximum atomic E-state index is 12.5. The quantitative estimate of drug-likeness (QED) is 0.923. The normalized spacial score (nSPS) is 24.4. The lowest BCUT2D eigenvalue weighted by Gasteiger charge is -2.27. The lowest BCUT2D eigenvalue weighted by Crippen LogP contribution is -2.36. The monoisotopic (exact) mass is 293 g/mol. The first kappa shape index (κ1) is 13.6. The van der Waals surface area contributed by atoms with Crippen molar-refractivity contribution in [3.8, 4) is 0 Å². The standard InChI is InChI=1S/C14H19N3O2S/c18-20(19)14-6-2-1-5-13(14)16-11-17(20)9-7-12-4-3-8-15-10-12/h1-2,5-6,11-12,15H,3-4,7-10H2. The van der Waals surface area contributed by atoms with Gasteiger partial charge in [-0.15, -0.1) is 0 Å². The third-order valence-electron chi connectivity index (χ3n) is 3.93. The average Bonchev–Trinajstić information content (AvgIpc) is 2.48. The van der Waals surface area contributed by atoms with E-state index in [1.165, 1.54) is 23.5 Å². The zero-order valence-electron chi connectivity index (χ0n) is 11.3. The minimum Gasteiger partial charge on any atom is -0.316 e. The van der Waals surface area contributed by atoms with Crippen LogP contribution in [0.5, 0.6) is 0 Å². The Morgan fingerprint density at radius 3 is 3.00 bits per heavy atom. The predicted octanol–water partition coefficient (Wildman–Crippen LogP) is 1.74. The molecule has 2 aliphatic heterocycles. The van der Waals surface area contributed by atoms with Gasteiger partial charge in [-0.25, -0.2) is 13.4 Å². The Bertz CT molecular complexity index is 607. The maximum absolute atomic E-state index is 12.5. The minimum atomic E-state index is -3.42. The second-order valence-electron chi connectivity index (χ2n) is 5.33. The highest BCUT2D eigenvalue weighted by molar-refractivity contribution is 7.89. The molecule has 1 aromatic rings. The Labute approximate surface area is 119 Å². The third kappa shape index (κ3) is 2.58. The highest BCUT2D eigenvalue weighted by Crippen LogP contribution is 2.30. The number of nitrogens with zero attached hydrogens (tertiary/aromatic N) is 2. The zero-order chi connectivity index (χ0) is 14.0. The second kappa shape index (κ2) is 5.54. The van der Waals surface area contributed by atoms with E-state index in [1.807, 2.05) is 0 Å². The lowest BCUT2D eigenvalue weighted by atomic mass is 9.96. The van der Waals surface area contributed by atoms with Crippen LogP contribution in [-0.2, 0) is 10.0 Å². The van der Waals surface area contributed by atoms with Crippen LogP contribution in [0.3, 0.4) is 0 Å². The van der Waals surface area contributed by atoms with Crippen molar-refractivity contribution in [2.24, 2.45) is 10.9 Å². The van der Waals surface area contributed by atoms with Gasteiger partial charge >= 0.3 is 0 Å². The summed E-state index contributed by atoms with van der Waals surface area (Å²) in [7, 11) is -3.42. The number of hydrogen-bond donors (Lipinski definition) is 1. The maximum Gasteiger partial charge on any atom is 0.267 e. The van der Waals surface area contributed by atoms with Crippen LogP contribution < -0.4 is 5.32 Å². The fourth-order valence-electron chi connectivity index (χ4n) is 2.76. The molecule has 2 aliphatic rings. The molecule has 1 N–H and O–H groups in total. The Balaban J connectivity index is 1.72. The van der Waals surface area contributed by atoms with E-state index in [0.717, 1.165) is 19.5 Å². The van der Waals surface area contributed by atoms with Crippen molar-refractivity contribution >= 4 is 22.0 Å². The average molecular weight is 293 g/mol. The fourth-order valence-corrected chi connectivity index (χ4v) is 4.16. The van der Waals surface area contributed by atoms with Crippen molar-refractivity contribution in [1.82, 2.24) is 9.62 Å². The van der Waals surface area contributed by atoms with Gasteiger partial charge in [0.15, 0.2) is 0 Å². The van der Waals surface area contributed by atoms with E-state index < -0.39 is 10.0 Å². The summed E-state index contributed by atoms with van der Waals surface area (Å²) in [6, 6.07) is 6.89. The molecular formula is C14H19N3O2S. The summed E-state index contributed by atoms with van der Waals surface area (Å²) in [5.74, 6) is 0.560. The van der Waals surface area contributed by atoms with Crippen LogP contribution in [0.15, 0.2) is 34.2 Å². The molecular weight excluding hydrogens is 274 g/mol. The molecule has 1 fully saturated rings. The fraction of sp³-hybridized carbons (Fsp3) is 0.500.